The Morgan fingerprint density at radius 2 is 1.04 bits per heavy atom. The predicted molar refractivity (Wildman–Crippen MR) is 120 cm³/mol. The average Bonchev–Trinajstić information content (AvgIpc) is 2.73. The Hall–Kier alpha value is -1.91. The normalized spacial score (nSPS) is 13.3. The molecule has 0 aromatic heterocycles. The minimum absolute atomic E-state index is 0.809. The number of rotatable bonds is 8. The summed E-state index contributed by atoms with van der Waals surface area (Å²) in [6, 6.07) is 33.8. The Balaban J connectivity index is 2.11. The third-order valence-corrected chi connectivity index (χ3v) is 10.8. The number of hydrogen-bond acceptors (Lipinski definition) is 0. The molecular weight excluding hydrogens is 331 g/mol. The van der Waals surface area contributed by atoms with Gasteiger partial charge in [0.25, 0.3) is 0 Å². The first kappa shape index (κ1) is 18.9. The monoisotopic (exact) mass is 362 g/mol. The van der Waals surface area contributed by atoms with E-state index < -0.39 is 7.26 Å². The van der Waals surface area contributed by atoms with Crippen LogP contribution in [0.2, 0.25) is 0 Å². The fourth-order valence-corrected chi connectivity index (χ4v) is 8.91. The van der Waals surface area contributed by atoms with Crippen molar-refractivity contribution in [3.8, 4) is 0 Å². The van der Waals surface area contributed by atoms with Gasteiger partial charge in [-0.15, -0.1) is 0 Å². The molecule has 0 saturated carbocycles. The molecule has 0 heterocycles. The first-order chi connectivity index (χ1) is 12.8. The van der Waals surface area contributed by atoms with Crippen molar-refractivity contribution in [1.82, 2.24) is 0 Å². The molecule has 136 valence electrons. The van der Waals surface area contributed by atoms with E-state index in [9.17, 15) is 0 Å². The van der Waals surface area contributed by atoms with Gasteiger partial charge in [-0.25, -0.2) is 0 Å². The van der Waals surface area contributed by atoms with Crippen LogP contribution < -0.4 is 15.9 Å². The summed E-state index contributed by atoms with van der Waals surface area (Å²) in [6.45, 7) is 4.69. The van der Waals surface area contributed by atoms with Crippen molar-refractivity contribution in [2.24, 2.45) is 5.92 Å². The number of hydrogen-bond donors (Lipinski definition) is 0. The first-order valence-corrected chi connectivity index (χ1v) is 12.1. The predicted octanol–water partition coefficient (Wildman–Crippen LogP) is 5.54. The second kappa shape index (κ2) is 9.15. The zero-order chi connectivity index (χ0) is 18.2. The molecular formula is C25H31P. The molecule has 0 aliphatic rings. The van der Waals surface area contributed by atoms with Crippen LogP contribution >= 0.6 is 7.26 Å². The van der Waals surface area contributed by atoms with E-state index in [2.05, 4.69) is 105 Å². The van der Waals surface area contributed by atoms with Gasteiger partial charge < -0.3 is 0 Å². The summed E-state index contributed by atoms with van der Waals surface area (Å²) in [4.78, 5) is 0. The first-order valence-electron chi connectivity index (χ1n) is 9.94. The summed E-state index contributed by atoms with van der Waals surface area (Å²) < 4.78 is 0. The zero-order valence-electron chi connectivity index (χ0n) is 16.1. The van der Waals surface area contributed by atoms with Gasteiger partial charge in [0.05, 0.1) is 0 Å². The van der Waals surface area contributed by atoms with E-state index in [0.29, 0.717) is 0 Å². The van der Waals surface area contributed by atoms with Crippen LogP contribution in [0.1, 0.15) is 33.1 Å². The molecule has 3 rings (SSSR count). The molecule has 0 nitrogen and oxygen atoms in total. The van der Waals surface area contributed by atoms with E-state index in [-0.39, 0.29) is 0 Å². The van der Waals surface area contributed by atoms with Gasteiger partial charge in [0, 0.05) is 0 Å². The fraction of sp³-hybridized carbons (Fsp3) is 0.280. The van der Waals surface area contributed by atoms with E-state index in [1.807, 2.05) is 0 Å². The van der Waals surface area contributed by atoms with Gasteiger partial charge >= 0.3 is 159 Å². The van der Waals surface area contributed by atoms with Crippen LogP contribution in [0, 0.1) is 5.92 Å². The van der Waals surface area contributed by atoms with Crippen LogP contribution in [-0.2, 0) is 0 Å². The summed E-state index contributed by atoms with van der Waals surface area (Å²) >= 11 is 0. The Bertz CT molecular complexity index is 668. The quantitative estimate of drug-likeness (QED) is 0.462. The molecule has 1 heteroatoms. The molecule has 26 heavy (non-hydrogen) atoms. The molecule has 1 unspecified atom stereocenters. The molecule has 0 N–H and O–H groups in total. The van der Waals surface area contributed by atoms with Crippen molar-refractivity contribution in [2.45, 2.75) is 33.1 Å². The standard InChI is InChI=1S/C25H31P/c1-3-22(2)14-13-21-26(23-15-7-4-8-16-23,24-17-9-5-10-18-24)25-19-11-6-12-20-25/h4-12,15-20,22,26H,3,13-14,21H2,1-2H3. The van der Waals surface area contributed by atoms with Crippen LogP contribution in [0.5, 0.6) is 0 Å². The number of benzene rings is 3. The second-order valence-electron chi connectivity index (χ2n) is 7.41. The topological polar surface area (TPSA) is 0 Å². The Morgan fingerprint density at radius 3 is 1.38 bits per heavy atom. The summed E-state index contributed by atoms with van der Waals surface area (Å²) in [5.41, 5.74) is 0. The van der Waals surface area contributed by atoms with Crippen LogP contribution in [0.4, 0.5) is 0 Å². The average molecular weight is 362 g/mol. The van der Waals surface area contributed by atoms with E-state index in [0.717, 1.165) is 5.92 Å². The van der Waals surface area contributed by atoms with Gasteiger partial charge in [0.15, 0.2) is 0 Å². The maximum absolute atomic E-state index is 2.39. The maximum atomic E-state index is 2.39. The molecule has 0 radical (unpaired) electrons. The van der Waals surface area contributed by atoms with Gasteiger partial charge in [-0.2, -0.15) is 0 Å². The zero-order valence-corrected chi connectivity index (χ0v) is 17.1. The summed E-state index contributed by atoms with van der Waals surface area (Å²) in [7, 11) is -2.00. The third-order valence-electron chi connectivity index (χ3n) is 5.75. The van der Waals surface area contributed by atoms with Gasteiger partial charge in [0.2, 0.25) is 0 Å². The van der Waals surface area contributed by atoms with Crippen LogP contribution in [0.25, 0.3) is 0 Å². The molecule has 0 saturated heterocycles. The van der Waals surface area contributed by atoms with E-state index in [1.54, 1.807) is 0 Å². The third kappa shape index (κ3) is 4.08. The summed E-state index contributed by atoms with van der Waals surface area (Å²) in [5, 5.41) is 4.59. The van der Waals surface area contributed by atoms with Crippen molar-refractivity contribution in [2.75, 3.05) is 6.16 Å². The molecule has 1 atom stereocenters. The molecule has 0 fully saturated rings. The Kier molecular flexibility index (Phi) is 6.64. The SMILES string of the molecule is CCC(C)CCC[PH](c1ccccc1)(c1ccccc1)c1ccccc1. The van der Waals surface area contributed by atoms with Crippen molar-refractivity contribution in [3.63, 3.8) is 0 Å². The van der Waals surface area contributed by atoms with Crippen molar-refractivity contribution in [1.29, 1.82) is 0 Å². The summed E-state index contributed by atoms with van der Waals surface area (Å²) in [5.74, 6) is 0.809. The molecule has 0 aliphatic heterocycles. The van der Waals surface area contributed by atoms with Crippen molar-refractivity contribution < 1.29 is 0 Å². The Labute approximate surface area is 159 Å². The van der Waals surface area contributed by atoms with Gasteiger partial charge in [-0.05, 0) is 0 Å². The van der Waals surface area contributed by atoms with Crippen LogP contribution in [-0.4, -0.2) is 6.16 Å². The van der Waals surface area contributed by atoms with Crippen LogP contribution in [0.15, 0.2) is 91.0 Å². The molecule has 0 bridgehead atoms. The van der Waals surface area contributed by atoms with E-state index >= 15 is 0 Å². The van der Waals surface area contributed by atoms with Crippen LogP contribution in [0.3, 0.4) is 0 Å². The van der Waals surface area contributed by atoms with Crippen molar-refractivity contribution >= 4 is 23.2 Å². The summed E-state index contributed by atoms with van der Waals surface area (Å²) in [6.07, 6.45) is 5.16. The van der Waals surface area contributed by atoms with Gasteiger partial charge in [-0.3, -0.25) is 0 Å². The second-order valence-corrected chi connectivity index (χ2v) is 11.5. The van der Waals surface area contributed by atoms with E-state index in [4.69, 9.17) is 0 Å². The van der Waals surface area contributed by atoms with Gasteiger partial charge in [0.1, 0.15) is 0 Å². The molecule has 3 aromatic carbocycles. The molecule has 3 aromatic rings. The molecule has 0 aliphatic carbocycles. The van der Waals surface area contributed by atoms with Gasteiger partial charge in [-0.1, -0.05) is 0 Å². The molecule has 0 spiro atoms. The van der Waals surface area contributed by atoms with E-state index in [1.165, 1.54) is 41.3 Å². The van der Waals surface area contributed by atoms with Crippen molar-refractivity contribution in [3.05, 3.63) is 91.0 Å². The minimum atomic E-state index is -2.00. The molecule has 0 amide bonds. The fourth-order valence-electron chi connectivity index (χ4n) is 4.02. The Morgan fingerprint density at radius 1 is 0.654 bits per heavy atom.